The van der Waals surface area contributed by atoms with E-state index in [1.165, 1.54) is 405 Å². The van der Waals surface area contributed by atoms with Crippen molar-refractivity contribution < 1.29 is 42.4 Å². The van der Waals surface area contributed by atoms with Gasteiger partial charge in [0.15, 0.2) is 6.10 Å². The van der Waals surface area contributed by atoms with Crippen molar-refractivity contribution in [3.05, 3.63) is 0 Å². The Balaban J connectivity index is 3.95. The third-order valence-electron chi connectivity index (χ3n) is 20.9. The molecule has 0 saturated carbocycles. The summed E-state index contributed by atoms with van der Waals surface area (Å²) >= 11 is 0. The number of carbonyl (C=O) groups is 3. The zero-order valence-corrected chi connectivity index (χ0v) is 67.5. The minimum absolute atomic E-state index is 0.0697. The predicted molar refractivity (Wildman–Crippen MR) is 427 cm³/mol. The Morgan fingerprint density at radius 3 is 0.778 bits per heavy atom. The van der Waals surface area contributed by atoms with E-state index in [2.05, 4.69) is 19.2 Å². The fourth-order valence-corrected chi connectivity index (χ4v) is 15.0. The van der Waals surface area contributed by atoms with Crippen LogP contribution in [0.15, 0.2) is 0 Å². The van der Waals surface area contributed by atoms with Gasteiger partial charge in [0.25, 0.3) is 0 Å². The van der Waals surface area contributed by atoms with Crippen molar-refractivity contribution in [2.75, 3.05) is 32.9 Å². The molecule has 0 rings (SSSR count). The summed E-state index contributed by atoms with van der Waals surface area (Å²) in [6.45, 7) is 4.52. The molecule has 2 unspecified atom stereocenters. The van der Waals surface area contributed by atoms with Gasteiger partial charge in [-0.05, 0) is 32.2 Å². The minimum atomic E-state index is -4.55. The third-order valence-corrected chi connectivity index (χ3v) is 21.9. The fraction of sp³-hybridized carbons (Fsp3) is 0.966. The number of hydrogen-bond acceptors (Lipinski definition) is 9. The van der Waals surface area contributed by atoms with Gasteiger partial charge in [-0.3, -0.25) is 23.4 Å². The molecule has 590 valence electrons. The molecule has 99 heavy (non-hydrogen) atoms. The first-order chi connectivity index (χ1) is 48.7. The first kappa shape index (κ1) is 97.5. The molecule has 0 aromatic heterocycles. The summed E-state index contributed by atoms with van der Waals surface area (Å²) in [6.07, 6.45) is 96.5. The lowest BCUT2D eigenvalue weighted by Crippen LogP contribution is -2.30. The molecule has 0 bridgehead atoms. The highest BCUT2D eigenvalue weighted by atomic mass is 31.2. The van der Waals surface area contributed by atoms with Gasteiger partial charge >= 0.3 is 19.8 Å². The number of rotatable bonds is 87. The summed E-state index contributed by atoms with van der Waals surface area (Å²) in [5.41, 5.74) is 5.58. The lowest BCUT2D eigenvalue weighted by molar-refractivity contribution is -0.161. The smallest absolute Gasteiger partial charge is 0.462 e. The molecular weight excluding hydrogens is 1250 g/mol. The zero-order valence-electron chi connectivity index (χ0n) is 66.6. The molecule has 0 aromatic carbocycles. The summed E-state index contributed by atoms with van der Waals surface area (Å²) in [7, 11) is -4.55. The van der Waals surface area contributed by atoms with Crippen LogP contribution in [0, 0.1) is 0 Å². The molecule has 0 aromatic rings. The number of phosphoric ester groups is 1. The molecule has 0 aliphatic heterocycles. The van der Waals surface area contributed by atoms with E-state index in [1.807, 2.05) is 0 Å². The third kappa shape index (κ3) is 83.6. The van der Waals surface area contributed by atoms with Crippen molar-refractivity contribution in [2.45, 2.75) is 508 Å². The number of amides is 1. The molecule has 12 heteroatoms. The van der Waals surface area contributed by atoms with Crippen LogP contribution < -0.4 is 11.1 Å². The van der Waals surface area contributed by atoms with Gasteiger partial charge in [-0.25, -0.2) is 4.57 Å². The molecule has 0 saturated heterocycles. The van der Waals surface area contributed by atoms with Crippen molar-refractivity contribution >= 4 is 25.7 Å². The minimum Gasteiger partial charge on any atom is -0.462 e. The normalized spacial score (nSPS) is 12.6. The van der Waals surface area contributed by atoms with E-state index in [0.29, 0.717) is 12.8 Å². The molecule has 1 amide bonds. The zero-order chi connectivity index (χ0) is 71.6. The second-order valence-electron chi connectivity index (χ2n) is 30.9. The van der Waals surface area contributed by atoms with Gasteiger partial charge in [-0.1, -0.05) is 457 Å². The van der Waals surface area contributed by atoms with Crippen LogP contribution in [-0.2, 0) is 37.5 Å². The lowest BCUT2D eigenvalue weighted by Gasteiger charge is -2.20. The Morgan fingerprint density at radius 2 is 0.525 bits per heavy atom. The molecule has 0 spiro atoms. The van der Waals surface area contributed by atoms with Gasteiger partial charge < -0.3 is 25.4 Å². The summed E-state index contributed by atoms with van der Waals surface area (Å²) < 4.78 is 34.5. The molecular formula is C87H173N2O9P. The van der Waals surface area contributed by atoms with Crippen molar-refractivity contribution in [1.29, 1.82) is 0 Å². The average Bonchev–Trinajstić information content (AvgIpc) is 1.22. The first-order valence-electron chi connectivity index (χ1n) is 44.7. The van der Waals surface area contributed by atoms with Crippen LogP contribution in [-0.4, -0.2) is 61.8 Å². The van der Waals surface area contributed by atoms with Gasteiger partial charge in [-0.2, -0.15) is 0 Å². The largest absolute Gasteiger partial charge is 0.472 e. The maximum atomic E-state index is 13.0. The number of carbonyl (C=O) groups excluding carboxylic acids is 3. The van der Waals surface area contributed by atoms with E-state index in [-0.39, 0.29) is 44.5 Å². The standard InChI is InChI=1S/C87H173N2O9P/c1-3-5-7-9-11-13-15-17-48-53-57-61-65-69-73-77-86(91)95-82-84(98-87(92)78-74-70-66-62-58-54-49-18-16-14-12-10-8-6-4-2)83-97-99(93,94)96-81-80-89-85(90)76-72-68-64-60-56-52-50-46-44-42-40-38-36-34-32-30-28-26-24-22-20-19-21-23-25-27-29-31-33-35-37-39-41-43-45-47-51-55-59-63-67-71-75-79-88/h84H,3-83,88H2,1-2H3,(H,89,90)(H,93,94). The quantitative estimate of drug-likeness (QED) is 0.0303. The van der Waals surface area contributed by atoms with E-state index >= 15 is 0 Å². The first-order valence-corrected chi connectivity index (χ1v) is 46.2. The highest BCUT2D eigenvalue weighted by Gasteiger charge is 2.26. The monoisotopic (exact) mass is 1420 g/mol. The number of ether oxygens (including phenoxy) is 2. The van der Waals surface area contributed by atoms with Crippen molar-refractivity contribution in [1.82, 2.24) is 5.32 Å². The van der Waals surface area contributed by atoms with E-state index in [9.17, 15) is 23.8 Å². The second-order valence-corrected chi connectivity index (χ2v) is 32.3. The summed E-state index contributed by atoms with van der Waals surface area (Å²) in [5.74, 6) is -0.939. The van der Waals surface area contributed by atoms with E-state index in [0.717, 1.165) is 64.3 Å². The van der Waals surface area contributed by atoms with Crippen LogP contribution in [0.3, 0.4) is 0 Å². The summed E-state index contributed by atoms with van der Waals surface area (Å²) in [4.78, 5) is 48.7. The van der Waals surface area contributed by atoms with Crippen LogP contribution in [0.25, 0.3) is 0 Å². The number of hydrogen-bond donors (Lipinski definition) is 3. The Morgan fingerprint density at radius 1 is 0.303 bits per heavy atom. The van der Waals surface area contributed by atoms with Gasteiger partial charge in [0.1, 0.15) is 6.61 Å². The van der Waals surface area contributed by atoms with Gasteiger partial charge in [0.05, 0.1) is 13.2 Å². The molecule has 0 aliphatic rings. The van der Waals surface area contributed by atoms with Crippen molar-refractivity contribution in [3.8, 4) is 0 Å². The molecule has 0 aliphatic carbocycles. The molecule has 0 fully saturated rings. The van der Waals surface area contributed by atoms with Gasteiger partial charge in [0.2, 0.25) is 5.91 Å². The molecule has 2 atom stereocenters. The van der Waals surface area contributed by atoms with Gasteiger partial charge in [-0.15, -0.1) is 0 Å². The van der Waals surface area contributed by atoms with Gasteiger partial charge in [0, 0.05) is 25.8 Å². The Bertz CT molecular complexity index is 1650. The average molecular weight is 1420 g/mol. The fourth-order valence-electron chi connectivity index (χ4n) is 14.2. The number of unbranched alkanes of at least 4 members (excludes halogenated alkanes) is 70. The number of esters is 2. The van der Waals surface area contributed by atoms with Crippen LogP contribution in [0.2, 0.25) is 0 Å². The van der Waals surface area contributed by atoms with Crippen LogP contribution >= 0.6 is 7.82 Å². The molecule has 0 radical (unpaired) electrons. The molecule has 4 N–H and O–H groups in total. The highest BCUT2D eigenvalue weighted by molar-refractivity contribution is 7.47. The van der Waals surface area contributed by atoms with Crippen molar-refractivity contribution in [3.63, 3.8) is 0 Å². The van der Waals surface area contributed by atoms with Crippen molar-refractivity contribution in [2.24, 2.45) is 5.73 Å². The van der Waals surface area contributed by atoms with E-state index < -0.39 is 26.5 Å². The molecule has 11 nitrogen and oxygen atoms in total. The topological polar surface area (TPSA) is 163 Å². The predicted octanol–water partition coefficient (Wildman–Crippen LogP) is 28.3. The molecule has 0 heterocycles. The SMILES string of the molecule is CCCCCCCCCCCCCCCCCC(=O)OCC(COP(=O)(O)OCCNC(=O)CCCCCCCCCCCCCCCCCCCCCCCCCCCCCCCCCCCCCCCCCCCCCN)OC(=O)CCCCCCCCCCCCCCCCC. The summed E-state index contributed by atoms with van der Waals surface area (Å²) in [6, 6.07) is 0. The Kier molecular flexibility index (Phi) is 82.5. The maximum Gasteiger partial charge on any atom is 0.472 e. The number of phosphoric acid groups is 1. The summed E-state index contributed by atoms with van der Waals surface area (Å²) in [5, 5.41) is 2.78. The second kappa shape index (κ2) is 83.7. The van der Waals surface area contributed by atoms with E-state index in [4.69, 9.17) is 24.3 Å². The Hall–Kier alpha value is -1.52. The number of nitrogens with one attached hydrogen (secondary N) is 1. The van der Waals surface area contributed by atoms with Crippen LogP contribution in [0.1, 0.15) is 502 Å². The van der Waals surface area contributed by atoms with Crippen LogP contribution in [0.4, 0.5) is 0 Å². The maximum absolute atomic E-state index is 13.0. The highest BCUT2D eigenvalue weighted by Crippen LogP contribution is 2.43. The lowest BCUT2D eigenvalue weighted by atomic mass is 10.0. The number of nitrogens with two attached hydrogens (primary N) is 1. The Labute approximate surface area is 616 Å². The van der Waals surface area contributed by atoms with Crippen LogP contribution in [0.5, 0.6) is 0 Å². The van der Waals surface area contributed by atoms with E-state index in [1.54, 1.807) is 0 Å².